The van der Waals surface area contributed by atoms with Crippen LogP contribution in [0.1, 0.15) is 67.9 Å². The largest absolute Gasteiger partial charge is 0.508 e. The molecule has 2 aliphatic rings. The van der Waals surface area contributed by atoms with Gasteiger partial charge in [0.2, 0.25) is 0 Å². The number of hydrogen-bond donors (Lipinski definition) is 4. The zero-order valence-corrected chi connectivity index (χ0v) is 34.1. The number of nitrogens with zero attached hydrogens (tertiary/aromatic N) is 7. The van der Waals surface area contributed by atoms with Crippen molar-refractivity contribution < 1.29 is 39.5 Å². The normalized spacial score (nSPS) is 15.6. The Kier molecular flexibility index (Phi) is 9.34. The van der Waals surface area contributed by atoms with Gasteiger partial charge in [0, 0.05) is 59.8 Å². The van der Waals surface area contributed by atoms with E-state index in [-0.39, 0.29) is 65.5 Å². The number of aromatic hydroxyl groups is 3. The van der Waals surface area contributed by atoms with E-state index in [0.29, 0.717) is 59.0 Å². The van der Waals surface area contributed by atoms with Crippen molar-refractivity contribution in [1.29, 1.82) is 0 Å². The summed E-state index contributed by atoms with van der Waals surface area (Å²) in [6.07, 6.45) is 2.01. The molecule has 1 atom stereocenters. The number of hydrogen-bond acceptors (Lipinski definition) is 12. The van der Waals surface area contributed by atoms with E-state index in [2.05, 4.69) is 10.2 Å². The number of aromatic nitrogens is 6. The molecular weight excluding hydrogens is 783 g/mol. The lowest BCUT2D eigenvalue weighted by atomic mass is 9.86. The van der Waals surface area contributed by atoms with Gasteiger partial charge in [-0.3, -0.25) is 4.79 Å². The van der Waals surface area contributed by atoms with Crippen molar-refractivity contribution in [2.45, 2.75) is 71.8 Å². The second-order valence-electron chi connectivity index (χ2n) is 15.8. The van der Waals surface area contributed by atoms with Gasteiger partial charge in [-0.1, -0.05) is 32.8 Å². The first-order valence-electron chi connectivity index (χ1n) is 20.1. The van der Waals surface area contributed by atoms with Crippen molar-refractivity contribution in [3.63, 3.8) is 0 Å². The summed E-state index contributed by atoms with van der Waals surface area (Å²) in [6, 6.07) is 16.9. The standard InChI is InChI=1S/C45H43N7O9/c1-6-27-29-17-26(9-10-34(29)46-39-31(27)21-51-36(39)19-33-32(41(51)55)22-60-42(56)45(33,59)7-2)61-44(58)49(5)14-15-50-13-12-24-16-25(8-11-35(24)50)52-40(47-48-43(52)57)30-18-28(23(3)4)37(53)20-38(30)54/h8-13,16-20,23,53-54,59H,6-7,14-15,21-22H2,1-5H3,(H,48,57). The first kappa shape index (κ1) is 39.3. The third-order valence-corrected chi connectivity index (χ3v) is 12.0. The van der Waals surface area contributed by atoms with Crippen LogP contribution in [0.3, 0.4) is 0 Å². The van der Waals surface area contributed by atoms with Gasteiger partial charge < -0.3 is 43.9 Å². The van der Waals surface area contributed by atoms with Crippen LogP contribution in [-0.2, 0) is 41.2 Å². The van der Waals surface area contributed by atoms with Gasteiger partial charge in [0.25, 0.3) is 5.56 Å². The third kappa shape index (κ3) is 6.24. The Balaban J connectivity index is 0.923. The monoisotopic (exact) mass is 825 g/mol. The number of amides is 1. The molecular formula is C45H43N7O9. The molecule has 4 N–H and O–H groups in total. The average molecular weight is 826 g/mol. The van der Waals surface area contributed by atoms with Gasteiger partial charge in [-0.25, -0.2) is 19.1 Å². The van der Waals surface area contributed by atoms with E-state index in [1.54, 1.807) is 54.9 Å². The SMILES string of the molecule is CCc1c2c(nc3ccc(OC(=O)N(C)CCn4ccc5cc(-n6c(O)nnc6-c6cc(C(C)C)c(O)cc6O)ccc54)cc13)-c1cc3c(c(=O)n1C2)COC(=O)C3(O)CC. The molecule has 312 valence electrons. The fraction of sp³-hybridized carbons (Fsp3) is 0.289. The van der Waals surface area contributed by atoms with Crippen molar-refractivity contribution in [1.82, 2.24) is 33.8 Å². The molecule has 16 nitrogen and oxygen atoms in total. The van der Waals surface area contributed by atoms with Gasteiger partial charge in [0.1, 0.15) is 23.9 Å². The molecule has 1 amide bonds. The van der Waals surface area contributed by atoms with Crippen LogP contribution in [0.5, 0.6) is 23.3 Å². The second kappa shape index (κ2) is 14.5. The summed E-state index contributed by atoms with van der Waals surface area (Å²) in [7, 11) is 1.66. The lowest BCUT2D eigenvalue weighted by Gasteiger charge is -2.31. The number of aryl methyl sites for hydroxylation is 1. The quantitative estimate of drug-likeness (QED) is 0.120. The van der Waals surface area contributed by atoms with Gasteiger partial charge in [-0.05, 0) is 84.5 Å². The Morgan fingerprint density at radius 2 is 1.79 bits per heavy atom. The van der Waals surface area contributed by atoms with Crippen LogP contribution in [-0.4, -0.2) is 79.9 Å². The predicted octanol–water partition coefficient (Wildman–Crippen LogP) is 6.22. The van der Waals surface area contributed by atoms with Crippen LogP contribution >= 0.6 is 0 Å². The van der Waals surface area contributed by atoms with Gasteiger partial charge in [0.05, 0.1) is 40.3 Å². The summed E-state index contributed by atoms with van der Waals surface area (Å²) in [4.78, 5) is 46.1. The first-order valence-corrected chi connectivity index (χ1v) is 20.1. The molecule has 0 saturated heterocycles. The zero-order chi connectivity index (χ0) is 43.1. The molecule has 0 bridgehead atoms. The minimum Gasteiger partial charge on any atom is -0.508 e. The van der Waals surface area contributed by atoms with Crippen LogP contribution in [0.4, 0.5) is 4.79 Å². The highest BCUT2D eigenvalue weighted by Crippen LogP contribution is 2.42. The van der Waals surface area contributed by atoms with Crippen LogP contribution in [0.2, 0.25) is 0 Å². The van der Waals surface area contributed by atoms with Crippen LogP contribution in [0.15, 0.2) is 71.7 Å². The Bertz CT molecular complexity index is 3040. The maximum atomic E-state index is 13.7. The molecule has 0 fully saturated rings. The summed E-state index contributed by atoms with van der Waals surface area (Å²) >= 11 is 0. The summed E-state index contributed by atoms with van der Waals surface area (Å²) in [5, 5.41) is 52.7. The summed E-state index contributed by atoms with van der Waals surface area (Å²) < 4.78 is 16.1. The molecule has 3 aromatic carbocycles. The Morgan fingerprint density at radius 3 is 2.54 bits per heavy atom. The molecule has 4 aromatic heterocycles. The highest BCUT2D eigenvalue weighted by molar-refractivity contribution is 5.90. The lowest BCUT2D eigenvalue weighted by Crippen LogP contribution is -2.44. The molecule has 1 unspecified atom stereocenters. The first-order chi connectivity index (χ1) is 29.2. The van der Waals surface area contributed by atoms with E-state index in [9.17, 15) is 34.8 Å². The maximum Gasteiger partial charge on any atom is 0.415 e. The van der Waals surface area contributed by atoms with Crippen LogP contribution in [0.25, 0.3) is 50.3 Å². The number of likely N-dealkylation sites (N-methyl/N-ethyl adjacent to an activating group) is 1. The second-order valence-corrected chi connectivity index (χ2v) is 15.8. The Hall–Kier alpha value is -7.20. The number of aliphatic hydroxyl groups is 1. The van der Waals surface area contributed by atoms with Gasteiger partial charge in [-0.2, -0.15) is 0 Å². The smallest absolute Gasteiger partial charge is 0.415 e. The van der Waals surface area contributed by atoms with Crippen molar-refractivity contribution in [2.75, 3.05) is 13.6 Å². The molecule has 0 aliphatic carbocycles. The fourth-order valence-electron chi connectivity index (χ4n) is 8.58. The van der Waals surface area contributed by atoms with Gasteiger partial charge in [-0.15, -0.1) is 5.10 Å². The summed E-state index contributed by atoms with van der Waals surface area (Å²) in [5.74, 6) is -0.506. The van der Waals surface area contributed by atoms with Gasteiger partial charge >= 0.3 is 18.1 Å². The van der Waals surface area contributed by atoms with E-state index < -0.39 is 17.7 Å². The number of rotatable bonds is 9. The summed E-state index contributed by atoms with van der Waals surface area (Å²) in [6.45, 7) is 8.34. The number of cyclic esters (lactones) is 1. The number of pyridine rings is 2. The molecule has 9 rings (SSSR count). The highest BCUT2D eigenvalue weighted by atomic mass is 16.6. The lowest BCUT2D eigenvalue weighted by molar-refractivity contribution is -0.172. The number of carbonyl (C=O) groups excluding carboxylic acids is 2. The third-order valence-electron chi connectivity index (χ3n) is 12.0. The van der Waals surface area contributed by atoms with Crippen LogP contribution < -0.4 is 10.3 Å². The molecule has 7 aromatic rings. The van der Waals surface area contributed by atoms with Crippen molar-refractivity contribution in [3.05, 3.63) is 105 Å². The van der Waals surface area contributed by atoms with Crippen molar-refractivity contribution in [2.24, 2.45) is 0 Å². The fourth-order valence-corrected chi connectivity index (χ4v) is 8.58. The van der Waals surface area contributed by atoms with E-state index in [1.807, 2.05) is 49.7 Å². The number of phenolic OH excluding ortho intramolecular Hbond substituents is 2. The highest BCUT2D eigenvalue weighted by Gasteiger charge is 2.45. The molecule has 0 saturated carbocycles. The molecule has 0 radical (unpaired) electrons. The molecule has 2 aliphatic heterocycles. The Morgan fingerprint density at radius 1 is 0.984 bits per heavy atom. The zero-order valence-electron chi connectivity index (χ0n) is 34.1. The topological polar surface area (TPSA) is 207 Å². The number of esters is 1. The molecule has 6 heterocycles. The number of carbonyl (C=O) groups is 2. The molecule has 0 spiro atoms. The molecule has 61 heavy (non-hydrogen) atoms. The number of phenols is 2. The number of benzene rings is 3. The number of fused-ring (bicyclic) bond motifs is 6. The summed E-state index contributed by atoms with van der Waals surface area (Å²) in [5.41, 5.74) is 4.20. The minimum atomic E-state index is -1.92. The maximum absolute atomic E-state index is 13.7. The van der Waals surface area contributed by atoms with Crippen LogP contribution in [0, 0.1) is 0 Å². The van der Waals surface area contributed by atoms with Crippen molar-refractivity contribution >= 4 is 33.9 Å². The minimum absolute atomic E-state index is 0.0341. The van der Waals surface area contributed by atoms with E-state index in [4.69, 9.17) is 14.5 Å². The van der Waals surface area contributed by atoms with Gasteiger partial charge in [0.15, 0.2) is 11.4 Å². The number of ether oxygens (including phenoxy) is 2. The Labute approximate surface area is 348 Å². The van der Waals surface area contributed by atoms with Crippen molar-refractivity contribution in [3.8, 4) is 51.7 Å². The van der Waals surface area contributed by atoms with E-state index >= 15 is 0 Å². The predicted molar refractivity (Wildman–Crippen MR) is 224 cm³/mol. The average Bonchev–Trinajstić information content (AvgIpc) is 3.95. The molecule has 16 heteroatoms. The van der Waals surface area contributed by atoms with E-state index in [1.165, 1.54) is 15.5 Å². The van der Waals surface area contributed by atoms with E-state index in [0.717, 1.165) is 27.4 Å².